The summed E-state index contributed by atoms with van der Waals surface area (Å²) in [5.74, 6) is 0. The quantitative estimate of drug-likeness (QED) is 0.735. The zero-order valence-corrected chi connectivity index (χ0v) is 9.98. The van der Waals surface area contributed by atoms with Gasteiger partial charge in [0.1, 0.15) is 0 Å². The summed E-state index contributed by atoms with van der Waals surface area (Å²) < 4.78 is 7.47. The van der Waals surface area contributed by atoms with Crippen LogP contribution >= 0.6 is 0 Å². The Balaban J connectivity index is 1.59. The minimum atomic E-state index is 0.887. The summed E-state index contributed by atoms with van der Waals surface area (Å²) in [6.07, 6.45) is 2.08. The fourth-order valence-electron chi connectivity index (χ4n) is 1.96. The van der Waals surface area contributed by atoms with Crippen LogP contribution < -0.4 is 5.32 Å². The molecule has 0 atom stereocenters. The lowest BCUT2D eigenvalue weighted by Gasteiger charge is -2.26. The van der Waals surface area contributed by atoms with Gasteiger partial charge in [-0.3, -0.25) is 4.90 Å². The number of aryl methyl sites for hydroxylation is 1. The maximum absolute atomic E-state index is 5.32. The van der Waals surface area contributed by atoms with E-state index in [9.17, 15) is 0 Å². The fourth-order valence-corrected chi connectivity index (χ4v) is 1.96. The van der Waals surface area contributed by atoms with Crippen LogP contribution in [0, 0.1) is 0 Å². The van der Waals surface area contributed by atoms with Crippen molar-refractivity contribution in [1.29, 1.82) is 0 Å². The smallest absolute Gasteiger partial charge is 0.0594 e. The van der Waals surface area contributed by atoms with Crippen LogP contribution in [0.15, 0.2) is 18.3 Å². The van der Waals surface area contributed by atoms with Crippen LogP contribution in [0.3, 0.4) is 0 Å². The molecule has 0 spiro atoms. The summed E-state index contributed by atoms with van der Waals surface area (Å²) in [4.78, 5) is 2.45. The van der Waals surface area contributed by atoms with Gasteiger partial charge in [0, 0.05) is 51.7 Å². The van der Waals surface area contributed by atoms with Gasteiger partial charge in [-0.25, -0.2) is 0 Å². The minimum absolute atomic E-state index is 0.887. The van der Waals surface area contributed by atoms with Crippen molar-refractivity contribution in [3.63, 3.8) is 0 Å². The van der Waals surface area contributed by atoms with Crippen molar-refractivity contribution in [2.75, 3.05) is 39.4 Å². The minimum Gasteiger partial charge on any atom is -0.379 e. The Morgan fingerprint density at radius 1 is 1.38 bits per heavy atom. The van der Waals surface area contributed by atoms with E-state index in [0.29, 0.717) is 0 Å². The molecule has 0 aliphatic carbocycles. The molecule has 1 aromatic heterocycles. The van der Waals surface area contributed by atoms with Crippen LogP contribution in [-0.4, -0.2) is 48.9 Å². The standard InChI is InChI=1S/C12H21N3O/c1-14-5-2-3-12(14)11-13-4-6-15-7-9-16-10-8-15/h2-3,5,13H,4,6-11H2,1H3. The molecule has 0 bridgehead atoms. The molecule has 1 saturated heterocycles. The molecule has 16 heavy (non-hydrogen) atoms. The molecule has 1 N–H and O–H groups in total. The number of ether oxygens (including phenoxy) is 1. The van der Waals surface area contributed by atoms with Gasteiger partial charge in [-0.05, 0) is 12.1 Å². The highest BCUT2D eigenvalue weighted by atomic mass is 16.5. The van der Waals surface area contributed by atoms with Crippen molar-refractivity contribution in [2.24, 2.45) is 7.05 Å². The highest BCUT2D eigenvalue weighted by molar-refractivity contribution is 5.05. The van der Waals surface area contributed by atoms with E-state index < -0.39 is 0 Å². The molecule has 4 nitrogen and oxygen atoms in total. The molecule has 1 aliphatic heterocycles. The third kappa shape index (κ3) is 3.33. The lowest BCUT2D eigenvalue weighted by Crippen LogP contribution is -2.40. The largest absolute Gasteiger partial charge is 0.379 e. The van der Waals surface area contributed by atoms with Gasteiger partial charge in [0.05, 0.1) is 13.2 Å². The van der Waals surface area contributed by atoms with Crippen molar-refractivity contribution >= 4 is 0 Å². The van der Waals surface area contributed by atoms with Crippen LogP contribution in [0.4, 0.5) is 0 Å². The average Bonchev–Trinajstić information content (AvgIpc) is 2.72. The van der Waals surface area contributed by atoms with Crippen molar-refractivity contribution in [3.8, 4) is 0 Å². The van der Waals surface area contributed by atoms with E-state index in [0.717, 1.165) is 45.9 Å². The van der Waals surface area contributed by atoms with Crippen LogP contribution in [0.1, 0.15) is 5.69 Å². The summed E-state index contributed by atoms with van der Waals surface area (Å²) >= 11 is 0. The Bertz CT molecular complexity index is 305. The number of hydrogen-bond donors (Lipinski definition) is 1. The van der Waals surface area contributed by atoms with Crippen molar-refractivity contribution < 1.29 is 4.74 Å². The molecule has 1 fully saturated rings. The third-order valence-corrected chi connectivity index (χ3v) is 3.07. The molecule has 4 heteroatoms. The Morgan fingerprint density at radius 3 is 2.88 bits per heavy atom. The van der Waals surface area contributed by atoms with E-state index in [-0.39, 0.29) is 0 Å². The van der Waals surface area contributed by atoms with E-state index in [2.05, 4.69) is 40.2 Å². The van der Waals surface area contributed by atoms with E-state index >= 15 is 0 Å². The second-order valence-electron chi connectivity index (χ2n) is 4.24. The molecular weight excluding hydrogens is 202 g/mol. The van der Waals surface area contributed by atoms with Crippen molar-refractivity contribution in [1.82, 2.24) is 14.8 Å². The van der Waals surface area contributed by atoms with Crippen LogP contribution in [-0.2, 0) is 18.3 Å². The van der Waals surface area contributed by atoms with Crippen molar-refractivity contribution in [2.45, 2.75) is 6.54 Å². The highest BCUT2D eigenvalue weighted by Gasteiger charge is 2.08. The maximum Gasteiger partial charge on any atom is 0.0594 e. The third-order valence-electron chi connectivity index (χ3n) is 3.07. The molecule has 90 valence electrons. The maximum atomic E-state index is 5.32. The first-order valence-electron chi connectivity index (χ1n) is 5.97. The second-order valence-corrected chi connectivity index (χ2v) is 4.24. The van der Waals surface area contributed by atoms with Gasteiger partial charge in [-0.15, -0.1) is 0 Å². The topological polar surface area (TPSA) is 29.4 Å². The van der Waals surface area contributed by atoms with Gasteiger partial charge in [-0.2, -0.15) is 0 Å². The van der Waals surface area contributed by atoms with E-state index in [1.165, 1.54) is 5.69 Å². The number of nitrogens with one attached hydrogen (secondary N) is 1. The number of morpholine rings is 1. The molecule has 2 heterocycles. The number of rotatable bonds is 5. The first kappa shape index (κ1) is 11.6. The molecule has 2 rings (SSSR count). The molecule has 0 saturated carbocycles. The van der Waals surface area contributed by atoms with Gasteiger partial charge in [0.25, 0.3) is 0 Å². The number of aromatic nitrogens is 1. The zero-order valence-electron chi connectivity index (χ0n) is 9.98. The Hall–Kier alpha value is -0.840. The first-order chi connectivity index (χ1) is 7.86. The van der Waals surface area contributed by atoms with E-state index in [1.807, 2.05) is 0 Å². The Morgan fingerprint density at radius 2 is 2.19 bits per heavy atom. The fraction of sp³-hybridized carbons (Fsp3) is 0.667. The van der Waals surface area contributed by atoms with Crippen LogP contribution in [0.25, 0.3) is 0 Å². The van der Waals surface area contributed by atoms with E-state index in [4.69, 9.17) is 4.74 Å². The number of hydrogen-bond acceptors (Lipinski definition) is 3. The summed E-state index contributed by atoms with van der Waals surface area (Å²) in [5.41, 5.74) is 1.34. The summed E-state index contributed by atoms with van der Waals surface area (Å²) in [6.45, 7) is 7.04. The highest BCUT2D eigenvalue weighted by Crippen LogP contribution is 1.98. The molecule has 1 aliphatic rings. The predicted octanol–water partition coefficient (Wildman–Crippen LogP) is 0.447. The Kier molecular flexibility index (Phi) is 4.39. The molecule has 0 aromatic carbocycles. The zero-order chi connectivity index (χ0) is 11.2. The predicted molar refractivity (Wildman–Crippen MR) is 64.4 cm³/mol. The van der Waals surface area contributed by atoms with E-state index in [1.54, 1.807) is 0 Å². The lowest BCUT2D eigenvalue weighted by atomic mass is 10.4. The van der Waals surface area contributed by atoms with Crippen molar-refractivity contribution in [3.05, 3.63) is 24.0 Å². The second kappa shape index (κ2) is 6.03. The molecule has 1 aromatic rings. The molecule has 0 radical (unpaired) electrons. The molecule has 0 amide bonds. The monoisotopic (exact) mass is 223 g/mol. The first-order valence-corrected chi connectivity index (χ1v) is 5.97. The Labute approximate surface area is 97.2 Å². The van der Waals surface area contributed by atoms with Gasteiger partial charge in [0.15, 0.2) is 0 Å². The summed E-state index contributed by atoms with van der Waals surface area (Å²) in [5, 5.41) is 3.47. The van der Waals surface area contributed by atoms with Crippen LogP contribution in [0.5, 0.6) is 0 Å². The molecular formula is C12H21N3O. The van der Waals surface area contributed by atoms with Crippen LogP contribution in [0.2, 0.25) is 0 Å². The lowest BCUT2D eigenvalue weighted by molar-refractivity contribution is 0.0384. The SMILES string of the molecule is Cn1cccc1CNCCN1CCOCC1. The number of nitrogens with zero attached hydrogens (tertiary/aromatic N) is 2. The summed E-state index contributed by atoms with van der Waals surface area (Å²) in [7, 11) is 2.08. The average molecular weight is 223 g/mol. The van der Waals surface area contributed by atoms with Gasteiger partial charge >= 0.3 is 0 Å². The van der Waals surface area contributed by atoms with Gasteiger partial charge in [-0.1, -0.05) is 0 Å². The van der Waals surface area contributed by atoms with Gasteiger partial charge in [0.2, 0.25) is 0 Å². The van der Waals surface area contributed by atoms with Gasteiger partial charge < -0.3 is 14.6 Å². The normalized spacial score (nSPS) is 17.8. The molecule has 0 unspecified atom stereocenters. The summed E-state index contributed by atoms with van der Waals surface area (Å²) in [6, 6.07) is 4.24.